The standard InChI is InChI=1S/C15H13NO3S2/c1-21(17,18)19-13-6-3-10(4-7-13)14-8-11-2-5-12(16)9-15(11)20-14/h2-9H,16H2,1H3. The molecule has 0 radical (unpaired) electrons. The van der Waals surface area contributed by atoms with Crippen molar-refractivity contribution in [3.8, 4) is 16.2 Å². The molecule has 0 atom stereocenters. The molecule has 0 aliphatic carbocycles. The number of hydrogen-bond donors (Lipinski definition) is 1. The van der Waals surface area contributed by atoms with Crippen molar-refractivity contribution in [1.29, 1.82) is 0 Å². The lowest BCUT2D eigenvalue weighted by Crippen LogP contribution is -2.05. The first-order valence-corrected chi connectivity index (χ1v) is 8.83. The molecule has 3 rings (SSSR count). The second-order valence-corrected chi connectivity index (χ2v) is 7.38. The van der Waals surface area contributed by atoms with Crippen LogP contribution in [0.15, 0.2) is 48.5 Å². The van der Waals surface area contributed by atoms with Gasteiger partial charge >= 0.3 is 10.1 Å². The van der Waals surface area contributed by atoms with E-state index in [2.05, 4.69) is 6.07 Å². The summed E-state index contributed by atoms with van der Waals surface area (Å²) in [6, 6.07) is 14.9. The highest BCUT2D eigenvalue weighted by molar-refractivity contribution is 7.86. The molecule has 0 spiro atoms. The summed E-state index contributed by atoms with van der Waals surface area (Å²) in [6.07, 6.45) is 1.03. The molecule has 0 saturated carbocycles. The molecule has 0 aliphatic rings. The van der Waals surface area contributed by atoms with E-state index in [0.717, 1.165) is 32.5 Å². The fourth-order valence-corrected chi connectivity index (χ4v) is 3.62. The van der Waals surface area contributed by atoms with Crippen molar-refractivity contribution in [1.82, 2.24) is 0 Å². The van der Waals surface area contributed by atoms with Crippen LogP contribution in [0.1, 0.15) is 0 Å². The fourth-order valence-electron chi connectivity index (χ4n) is 2.04. The van der Waals surface area contributed by atoms with Crippen LogP contribution in [0.4, 0.5) is 5.69 Å². The van der Waals surface area contributed by atoms with E-state index in [0.29, 0.717) is 5.75 Å². The molecule has 1 aromatic heterocycles. The van der Waals surface area contributed by atoms with Crippen molar-refractivity contribution < 1.29 is 12.6 Å². The summed E-state index contributed by atoms with van der Waals surface area (Å²) >= 11 is 1.64. The Morgan fingerprint density at radius 3 is 2.43 bits per heavy atom. The molecule has 2 N–H and O–H groups in total. The average Bonchev–Trinajstić information content (AvgIpc) is 2.80. The molecular formula is C15H13NO3S2. The highest BCUT2D eigenvalue weighted by Gasteiger charge is 2.07. The van der Waals surface area contributed by atoms with Crippen LogP contribution in [-0.2, 0) is 10.1 Å². The molecule has 3 aromatic rings. The summed E-state index contributed by atoms with van der Waals surface area (Å²) in [7, 11) is -3.49. The van der Waals surface area contributed by atoms with Gasteiger partial charge in [-0.05, 0) is 53.4 Å². The average molecular weight is 319 g/mol. The van der Waals surface area contributed by atoms with E-state index in [-0.39, 0.29) is 0 Å². The van der Waals surface area contributed by atoms with Crippen LogP contribution >= 0.6 is 11.3 Å². The van der Waals surface area contributed by atoms with E-state index in [9.17, 15) is 8.42 Å². The Labute approximate surface area is 126 Å². The maximum absolute atomic E-state index is 11.1. The Hall–Kier alpha value is -2.05. The number of benzene rings is 2. The van der Waals surface area contributed by atoms with E-state index in [4.69, 9.17) is 9.92 Å². The van der Waals surface area contributed by atoms with Gasteiger partial charge in [-0.25, -0.2) is 0 Å². The van der Waals surface area contributed by atoms with Gasteiger partial charge in [-0.3, -0.25) is 0 Å². The minimum Gasteiger partial charge on any atom is -0.399 e. The van der Waals surface area contributed by atoms with E-state index in [1.54, 1.807) is 23.5 Å². The van der Waals surface area contributed by atoms with E-state index in [1.165, 1.54) is 0 Å². The molecule has 0 saturated heterocycles. The van der Waals surface area contributed by atoms with Gasteiger partial charge in [0.25, 0.3) is 0 Å². The van der Waals surface area contributed by atoms with Gasteiger partial charge in [0.2, 0.25) is 0 Å². The first-order valence-electron chi connectivity index (χ1n) is 6.20. The third kappa shape index (κ3) is 3.17. The van der Waals surface area contributed by atoms with Gasteiger partial charge in [-0.2, -0.15) is 8.42 Å². The largest absolute Gasteiger partial charge is 0.399 e. The monoisotopic (exact) mass is 319 g/mol. The lowest BCUT2D eigenvalue weighted by molar-refractivity contribution is 0.493. The van der Waals surface area contributed by atoms with Crippen molar-refractivity contribution in [2.45, 2.75) is 0 Å². The maximum Gasteiger partial charge on any atom is 0.306 e. The molecular weight excluding hydrogens is 306 g/mol. The highest BCUT2D eigenvalue weighted by Crippen LogP contribution is 2.35. The number of rotatable bonds is 3. The van der Waals surface area contributed by atoms with Crippen LogP contribution in [0, 0.1) is 0 Å². The predicted octanol–water partition coefficient (Wildman–Crippen LogP) is 3.49. The topological polar surface area (TPSA) is 69.4 Å². The molecule has 108 valence electrons. The molecule has 4 nitrogen and oxygen atoms in total. The number of hydrogen-bond acceptors (Lipinski definition) is 5. The number of nitrogens with two attached hydrogens (primary N) is 1. The van der Waals surface area contributed by atoms with Crippen LogP contribution < -0.4 is 9.92 Å². The zero-order valence-corrected chi connectivity index (χ0v) is 12.9. The van der Waals surface area contributed by atoms with E-state index < -0.39 is 10.1 Å². The van der Waals surface area contributed by atoms with Gasteiger partial charge in [0.05, 0.1) is 6.26 Å². The second-order valence-electron chi connectivity index (χ2n) is 4.72. The van der Waals surface area contributed by atoms with Gasteiger partial charge in [0.1, 0.15) is 5.75 Å². The Morgan fingerprint density at radius 1 is 1.05 bits per heavy atom. The van der Waals surface area contributed by atoms with Gasteiger partial charge in [-0.15, -0.1) is 11.3 Å². The summed E-state index contributed by atoms with van der Waals surface area (Å²) in [5, 5.41) is 1.14. The van der Waals surface area contributed by atoms with Crippen molar-refractivity contribution in [2.75, 3.05) is 12.0 Å². The molecule has 0 bridgehead atoms. The van der Waals surface area contributed by atoms with E-state index in [1.807, 2.05) is 30.3 Å². The van der Waals surface area contributed by atoms with Gasteiger partial charge < -0.3 is 9.92 Å². The highest BCUT2D eigenvalue weighted by atomic mass is 32.2. The van der Waals surface area contributed by atoms with Crippen molar-refractivity contribution in [2.24, 2.45) is 0 Å². The molecule has 1 heterocycles. The summed E-state index contributed by atoms with van der Waals surface area (Å²) in [6.45, 7) is 0. The van der Waals surface area contributed by atoms with E-state index >= 15 is 0 Å². The van der Waals surface area contributed by atoms with Crippen molar-refractivity contribution in [3.63, 3.8) is 0 Å². The summed E-state index contributed by atoms with van der Waals surface area (Å²) in [4.78, 5) is 1.10. The molecule has 0 fully saturated rings. The Morgan fingerprint density at radius 2 is 1.76 bits per heavy atom. The van der Waals surface area contributed by atoms with Gasteiger partial charge in [-0.1, -0.05) is 6.07 Å². The Kier molecular flexibility index (Phi) is 3.35. The van der Waals surface area contributed by atoms with Crippen LogP contribution in [0.3, 0.4) is 0 Å². The first kappa shape index (κ1) is 13.9. The lowest BCUT2D eigenvalue weighted by atomic mass is 10.1. The summed E-state index contributed by atoms with van der Waals surface area (Å²) in [5.74, 6) is 0.312. The SMILES string of the molecule is CS(=O)(=O)Oc1ccc(-c2cc3ccc(N)cc3s2)cc1. The molecule has 0 aliphatic heterocycles. The smallest absolute Gasteiger partial charge is 0.306 e. The Bertz CT molecular complexity index is 896. The molecule has 21 heavy (non-hydrogen) atoms. The quantitative estimate of drug-likeness (QED) is 0.592. The zero-order valence-electron chi connectivity index (χ0n) is 11.2. The Balaban J connectivity index is 1.95. The van der Waals surface area contributed by atoms with Crippen LogP contribution in [0.25, 0.3) is 20.5 Å². The third-order valence-electron chi connectivity index (χ3n) is 2.93. The summed E-state index contributed by atoms with van der Waals surface area (Å²) in [5.41, 5.74) is 7.54. The van der Waals surface area contributed by atoms with Crippen LogP contribution in [-0.4, -0.2) is 14.7 Å². The maximum atomic E-state index is 11.1. The minimum atomic E-state index is -3.49. The fraction of sp³-hybridized carbons (Fsp3) is 0.0667. The van der Waals surface area contributed by atoms with Crippen molar-refractivity contribution in [3.05, 3.63) is 48.5 Å². The van der Waals surface area contributed by atoms with Crippen LogP contribution in [0.2, 0.25) is 0 Å². The van der Waals surface area contributed by atoms with Crippen molar-refractivity contribution >= 4 is 37.2 Å². The number of anilines is 1. The normalized spacial score (nSPS) is 11.7. The number of fused-ring (bicyclic) bond motifs is 1. The second kappa shape index (κ2) is 5.05. The number of thiophene rings is 1. The lowest BCUT2D eigenvalue weighted by Gasteiger charge is -2.03. The molecule has 0 amide bonds. The van der Waals surface area contributed by atoms with Crippen LogP contribution in [0.5, 0.6) is 5.75 Å². The van der Waals surface area contributed by atoms with Gasteiger partial charge in [0, 0.05) is 15.3 Å². The zero-order chi connectivity index (χ0) is 15.0. The molecule has 0 unspecified atom stereocenters. The molecule has 6 heteroatoms. The first-order chi connectivity index (χ1) is 9.90. The minimum absolute atomic E-state index is 0.312. The summed E-state index contributed by atoms with van der Waals surface area (Å²) < 4.78 is 28.1. The molecule has 2 aromatic carbocycles. The predicted molar refractivity (Wildman–Crippen MR) is 87.1 cm³/mol. The number of nitrogen functional groups attached to an aromatic ring is 1. The van der Waals surface area contributed by atoms with Gasteiger partial charge in [0.15, 0.2) is 0 Å². The third-order valence-corrected chi connectivity index (χ3v) is 4.57.